The van der Waals surface area contributed by atoms with E-state index in [1.165, 1.54) is 10.4 Å². The van der Waals surface area contributed by atoms with Gasteiger partial charge in [-0.2, -0.15) is 0 Å². The van der Waals surface area contributed by atoms with Crippen molar-refractivity contribution in [3.8, 4) is 0 Å². The van der Waals surface area contributed by atoms with Gasteiger partial charge < -0.3 is 0 Å². The molecule has 0 aromatic carbocycles. The highest BCUT2D eigenvalue weighted by Crippen LogP contribution is 2.26. The Morgan fingerprint density at radius 1 is 1.50 bits per heavy atom. The summed E-state index contributed by atoms with van der Waals surface area (Å²) in [5.41, 5.74) is 1.18. The van der Waals surface area contributed by atoms with E-state index in [0.29, 0.717) is 13.2 Å². The molecule has 1 aromatic heterocycles. The fourth-order valence-corrected chi connectivity index (χ4v) is 2.56. The molecule has 0 saturated heterocycles. The maximum Gasteiger partial charge on any atom is 0.108 e. The van der Waals surface area contributed by atoms with Crippen LogP contribution in [0.5, 0.6) is 0 Å². The van der Waals surface area contributed by atoms with Gasteiger partial charge >= 0.3 is 0 Å². The van der Waals surface area contributed by atoms with Crippen LogP contribution in [0.1, 0.15) is 17.4 Å². The molecule has 1 heterocycles. The molecule has 0 aliphatic heterocycles. The average Bonchev–Trinajstić information content (AvgIpc) is 2.31. The summed E-state index contributed by atoms with van der Waals surface area (Å²) in [6.07, 6.45) is 0. The largest absolute Gasteiger partial charge is 0.237 e. The molecule has 1 rings (SSSR count). The van der Waals surface area contributed by atoms with Crippen LogP contribution in [0.25, 0.3) is 0 Å². The molecule has 12 heavy (non-hydrogen) atoms. The Kier molecular flexibility index (Phi) is 4.21. The maximum absolute atomic E-state index is 4.95. The minimum Gasteiger partial charge on any atom is -0.237 e. The zero-order chi connectivity index (χ0) is 8.97. The minimum absolute atomic E-state index is 0.530. The van der Waals surface area contributed by atoms with Crippen LogP contribution in [0.2, 0.25) is 0 Å². The van der Waals surface area contributed by atoms with E-state index < -0.39 is 0 Å². The Labute approximate surface area is 84.6 Å². The fourth-order valence-electron chi connectivity index (χ4n) is 0.812. The molecule has 0 unspecified atom stereocenters. The van der Waals surface area contributed by atoms with E-state index in [1.807, 2.05) is 6.92 Å². The lowest BCUT2D eigenvalue weighted by atomic mass is 10.3. The molecule has 68 valence electrons. The van der Waals surface area contributed by atoms with Gasteiger partial charge in [0.05, 0.1) is 10.4 Å². The van der Waals surface area contributed by atoms with Gasteiger partial charge in [0.25, 0.3) is 0 Å². The van der Waals surface area contributed by atoms with E-state index in [1.54, 1.807) is 11.3 Å². The monoisotopic (exact) mass is 250 g/mol. The Balaban J connectivity index is 2.45. The first kappa shape index (κ1) is 10.2. The smallest absolute Gasteiger partial charge is 0.108 e. The van der Waals surface area contributed by atoms with Crippen LogP contribution in [0.15, 0.2) is 9.85 Å². The fraction of sp³-hybridized carbons (Fsp3) is 0.500. The first-order chi connectivity index (χ1) is 5.74. The number of hydrogen-bond acceptors (Lipinski definition) is 3. The van der Waals surface area contributed by atoms with Crippen LogP contribution in [0.3, 0.4) is 0 Å². The number of halogens is 1. The van der Waals surface area contributed by atoms with Crippen molar-refractivity contribution in [1.29, 1.82) is 0 Å². The second kappa shape index (κ2) is 4.97. The Hall–Kier alpha value is 0.1000. The van der Waals surface area contributed by atoms with Crippen LogP contribution in [-0.2, 0) is 16.4 Å². The van der Waals surface area contributed by atoms with Gasteiger partial charge in [0.1, 0.15) is 6.61 Å². The quantitative estimate of drug-likeness (QED) is 0.464. The number of hydrogen-bond donors (Lipinski definition) is 0. The summed E-state index contributed by atoms with van der Waals surface area (Å²) in [7, 11) is 0. The van der Waals surface area contributed by atoms with E-state index in [2.05, 4.69) is 28.9 Å². The summed E-state index contributed by atoms with van der Waals surface area (Å²) in [4.78, 5) is 11.0. The lowest BCUT2D eigenvalue weighted by molar-refractivity contribution is -0.300. The van der Waals surface area contributed by atoms with E-state index in [0.717, 1.165) is 3.79 Å². The molecule has 0 bridgehead atoms. The van der Waals surface area contributed by atoms with Gasteiger partial charge in [-0.1, -0.05) is 0 Å². The Morgan fingerprint density at radius 3 is 2.75 bits per heavy atom. The molecule has 0 saturated carbocycles. The molecule has 0 radical (unpaired) electrons. The second-order valence-corrected chi connectivity index (χ2v) is 4.94. The summed E-state index contributed by atoms with van der Waals surface area (Å²) in [5.74, 6) is 0. The van der Waals surface area contributed by atoms with E-state index in [-0.39, 0.29) is 0 Å². The molecule has 0 spiro atoms. The molecule has 1 aromatic rings. The summed E-state index contributed by atoms with van der Waals surface area (Å²) < 4.78 is 1.13. The van der Waals surface area contributed by atoms with Gasteiger partial charge in [0.15, 0.2) is 0 Å². The van der Waals surface area contributed by atoms with Crippen LogP contribution < -0.4 is 0 Å². The summed E-state index contributed by atoms with van der Waals surface area (Å²) >= 11 is 5.12. The van der Waals surface area contributed by atoms with E-state index in [4.69, 9.17) is 9.78 Å². The highest BCUT2D eigenvalue weighted by molar-refractivity contribution is 9.11. The predicted octanol–water partition coefficient (Wildman–Crippen LogP) is 3.29. The van der Waals surface area contributed by atoms with Gasteiger partial charge in [0, 0.05) is 4.88 Å². The molecule has 0 aliphatic carbocycles. The van der Waals surface area contributed by atoms with Crippen molar-refractivity contribution in [2.24, 2.45) is 0 Å². The van der Waals surface area contributed by atoms with E-state index in [9.17, 15) is 0 Å². The molecule has 0 atom stereocenters. The molecule has 0 fully saturated rings. The van der Waals surface area contributed by atoms with Gasteiger partial charge in [-0.3, -0.25) is 0 Å². The molecular weight excluding hydrogens is 240 g/mol. The molecular formula is C8H11BrO2S. The summed E-state index contributed by atoms with van der Waals surface area (Å²) in [6.45, 7) is 5.09. The highest BCUT2D eigenvalue weighted by atomic mass is 79.9. The van der Waals surface area contributed by atoms with Gasteiger partial charge in [-0.15, -0.1) is 11.3 Å². The number of rotatable bonds is 4. The van der Waals surface area contributed by atoms with Crippen molar-refractivity contribution in [3.05, 3.63) is 20.3 Å². The minimum atomic E-state index is 0.530. The lowest BCUT2D eigenvalue weighted by Crippen LogP contribution is -1.94. The van der Waals surface area contributed by atoms with Gasteiger partial charge in [-0.05, 0) is 41.4 Å². The van der Waals surface area contributed by atoms with Crippen molar-refractivity contribution in [1.82, 2.24) is 0 Å². The number of aryl methyl sites for hydroxylation is 1. The van der Waals surface area contributed by atoms with Crippen molar-refractivity contribution in [2.45, 2.75) is 20.5 Å². The highest BCUT2D eigenvalue weighted by Gasteiger charge is 2.03. The maximum atomic E-state index is 4.95. The summed E-state index contributed by atoms with van der Waals surface area (Å²) in [6, 6.07) is 2.05. The van der Waals surface area contributed by atoms with E-state index >= 15 is 0 Å². The van der Waals surface area contributed by atoms with Crippen LogP contribution in [-0.4, -0.2) is 6.61 Å². The zero-order valence-corrected chi connectivity index (χ0v) is 9.50. The molecule has 0 amide bonds. The molecule has 2 nitrogen and oxygen atoms in total. The standard InChI is InChI=1S/C8H11BrO2S/c1-3-10-11-5-7-4-8(9)12-6(7)2/h4H,3,5H2,1-2H3. The van der Waals surface area contributed by atoms with Crippen molar-refractivity contribution >= 4 is 27.3 Å². The first-order valence-corrected chi connectivity index (χ1v) is 5.34. The third kappa shape index (κ3) is 2.86. The van der Waals surface area contributed by atoms with Crippen molar-refractivity contribution in [3.63, 3.8) is 0 Å². The summed E-state index contributed by atoms with van der Waals surface area (Å²) in [5, 5.41) is 0. The van der Waals surface area contributed by atoms with Crippen molar-refractivity contribution in [2.75, 3.05) is 6.61 Å². The second-order valence-electron chi connectivity index (χ2n) is 2.30. The van der Waals surface area contributed by atoms with Crippen LogP contribution >= 0.6 is 27.3 Å². The molecule has 4 heteroatoms. The van der Waals surface area contributed by atoms with Crippen LogP contribution in [0.4, 0.5) is 0 Å². The zero-order valence-electron chi connectivity index (χ0n) is 7.09. The van der Waals surface area contributed by atoms with Gasteiger partial charge in [-0.25, -0.2) is 9.78 Å². The van der Waals surface area contributed by atoms with Crippen LogP contribution in [0, 0.1) is 6.92 Å². The normalized spacial score (nSPS) is 10.6. The van der Waals surface area contributed by atoms with Gasteiger partial charge in [0.2, 0.25) is 0 Å². The Bertz CT molecular complexity index is 247. The predicted molar refractivity (Wildman–Crippen MR) is 53.2 cm³/mol. The third-order valence-electron chi connectivity index (χ3n) is 1.41. The van der Waals surface area contributed by atoms with Crippen molar-refractivity contribution < 1.29 is 9.78 Å². The third-order valence-corrected chi connectivity index (χ3v) is 3.00. The topological polar surface area (TPSA) is 18.5 Å². The first-order valence-electron chi connectivity index (χ1n) is 3.73. The molecule has 0 N–H and O–H groups in total. The average molecular weight is 251 g/mol. The number of thiophene rings is 1. The Morgan fingerprint density at radius 2 is 2.25 bits per heavy atom. The SMILES string of the molecule is CCOOCc1cc(Br)sc1C. The lowest BCUT2D eigenvalue weighted by Gasteiger charge is -1.99. The molecule has 0 aliphatic rings.